The lowest BCUT2D eigenvalue weighted by Crippen LogP contribution is -2.54. The monoisotopic (exact) mass is 1350 g/mol. The smallest absolute Gasteiger partial charge is 0.409 e. The van der Waals surface area contributed by atoms with Crippen LogP contribution in [0.5, 0.6) is 23.0 Å². The molecule has 4 aromatic carbocycles. The number of primary amides is 1. The zero-order valence-corrected chi connectivity index (χ0v) is 57.7. The number of aromatic nitrogens is 2. The third kappa shape index (κ3) is 19.7. The van der Waals surface area contributed by atoms with Crippen molar-refractivity contribution in [1.29, 1.82) is 0 Å². The van der Waals surface area contributed by atoms with Gasteiger partial charge in [-0.05, 0) is 105 Å². The highest BCUT2D eigenvalue weighted by molar-refractivity contribution is 6.15. The summed E-state index contributed by atoms with van der Waals surface area (Å²) in [4.78, 5) is 115. The van der Waals surface area contributed by atoms with E-state index in [1.54, 1.807) is 66.3 Å². The zero-order chi connectivity index (χ0) is 69.8. The number of hydrogen-bond donors (Lipinski definition) is 5. The van der Waals surface area contributed by atoms with E-state index in [9.17, 15) is 43.5 Å². The van der Waals surface area contributed by atoms with E-state index in [4.69, 9.17) is 39.1 Å². The van der Waals surface area contributed by atoms with Gasteiger partial charge in [0.2, 0.25) is 18.6 Å². The summed E-state index contributed by atoms with van der Waals surface area (Å²) in [5.74, 6) is -0.677. The number of nitrogens with zero attached hydrogens (tertiary/aromatic N) is 4. The van der Waals surface area contributed by atoms with E-state index in [-0.39, 0.29) is 107 Å². The van der Waals surface area contributed by atoms with Crippen LogP contribution in [0, 0.1) is 18.8 Å². The Bertz CT molecular complexity index is 3840. The first kappa shape index (κ1) is 73.4. The van der Waals surface area contributed by atoms with Crippen LogP contribution in [0.3, 0.4) is 0 Å². The number of carbonyl (C=O) groups is 7. The minimum Gasteiger partial charge on any atom is -0.493 e. The number of anilines is 1. The third-order valence-electron chi connectivity index (χ3n) is 19.4. The molecule has 4 atom stereocenters. The number of ether oxygens (including phenoxy) is 6. The number of nitrogens with one attached hydrogen (secondary N) is 3. The Kier molecular flexibility index (Phi) is 26.7. The molecule has 5 amide bonds. The van der Waals surface area contributed by atoms with Gasteiger partial charge in [-0.2, -0.15) is 0 Å². The van der Waals surface area contributed by atoms with Crippen molar-refractivity contribution >= 4 is 79.7 Å². The number of unbranched alkanes of at least 4 members (excludes halogenated alkanes) is 8. The maximum absolute atomic E-state index is 14.5. The molecule has 9 rings (SSSR count). The molecule has 2 aromatic heterocycles. The van der Waals surface area contributed by atoms with E-state index in [1.807, 2.05) is 39.0 Å². The third-order valence-corrected chi connectivity index (χ3v) is 19.4. The quantitative estimate of drug-likeness (QED) is 0.0138. The van der Waals surface area contributed by atoms with Gasteiger partial charge in [-0.25, -0.2) is 9.59 Å². The molecule has 23 heteroatoms. The lowest BCUT2D eigenvalue weighted by Gasteiger charge is -2.48. The zero-order valence-electron chi connectivity index (χ0n) is 57.7. The number of amides is 5. The fraction of sp³-hybridized carbons (Fsp3) is 0.533. The molecule has 0 saturated carbocycles. The van der Waals surface area contributed by atoms with Crippen LogP contribution in [0.4, 0.5) is 15.3 Å². The summed E-state index contributed by atoms with van der Waals surface area (Å²) in [6.45, 7) is 6.89. The van der Waals surface area contributed by atoms with Gasteiger partial charge in [0.05, 0.1) is 49.7 Å². The second-order valence-corrected chi connectivity index (χ2v) is 26.8. The first-order chi connectivity index (χ1) is 47.3. The minimum atomic E-state index is -0.903. The van der Waals surface area contributed by atoms with Crippen molar-refractivity contribution in [2.75, 3.05) is 53.0 Å². The number of esters is 1. The highest BCUT2D eigenvalue weighted by atomic mass is 16.7. The van der Waals surface area contributed by atoms with Gasteiger partial charge in [0.15, 0.2) is 28.8 Å². The lowest BCUT2D eigenvalue weighted by atomic mass is 9.82. The van der Waals surface area contributed by atoms with Crippen LogP contribution in [-0.4, -0.2) is 138 Å². The van der Waals surface area contributed by atoms with Crippen LogP contribution in [0.25, 0.3) is 32.6 Å². The number of pyridine rings is 2. The van der Waals surface area contributed by atoms with Crippen LogP contribution in [-0.2, 0) is 59.6 Å². The van der Waals surface area contributed by atoms with Gasteiger partial charge in [0, 0.05) is 117 Å². The Morgan fingerprint density at radius 2 is 1.44 bits per heavy atom. The summed E-state index contributed by atoms with van der Waals surface area (Å²) < 4.78 is 35.8. The SMILES string of the molecule is COc1cc2c(=O)n(CCN(C)C(=O)OCc3ccc(NC(=O)[C@H](CCCNC(N)=O)CC(=O)[C@@H](NC(=O)CCC(=O)CCCCCCCCCCCN4C5CCCC4CC(OC(=O)Cc4cc(C)ccc4CO)C5)C(C)C)cc3)c3c4cc5c(cc4ncc3c2cc1OC)OCO5. The van der Waals surface area contributed by atoms with E-state index in [2.05, 4.69) is 20.9 Å². The molecule has 0 aliphatic carbocycles. The van der Waals surface area contributed by atoms with Crippen molar-refractivity contribution in [2.45, 2.75) is 200 Å². The number of carbonyl (C=O) groups excluding carboxylic acids is 7. The van der Waals surface area contributed by atoms with Crippen molar-refractivity contribution in [3.05, 3.63) is 106 Å². The van der Waals surface area contributed by atoms with Crippen LogP contribution in [0.2, 0.25) is 0 Å². The highest BCUT2D eigenvalue weighted by Crippen LogP contribution is 2.41. The van der Waals surface area contributed by atoms with Crippen molar-refractivity contribution in [2.24, 2.45) is 17.6 Å². The molecule has 23 nitrogen and oxygen atoms in total. The number of urea groups is 1. The molecule has 98 heavy (non-hydrogen) atoms. The molecule has 2 fully saturated rings. The fourth-order valence-electron chi connectivity index (χ4n) is 14.0. The molecular formula is C75H98N8O15. The molecule has 3 aliphatic rings. The predicted octanol–water partition coefficient (Wildman–Crippen LogP) is 11.0. The Balaban J connectivity index is 0.667. The van der Waals surface area contributed by atoms with Crippen LogP contribution in [0.15, 0.2) is 77.7 Å². The number of likely N-dealkylation sites (N-methyl/N-ethyl adjacent to an activating group) is 1. The van der Waals surface area contributed by atoms with Gasteiger partial charge in [0.25, 0.3) is 5.56 Å². The van der Waals surface area contributed by atoms with Gasteiger partial charge in [-0.15, -0.1) is 0 Å². The van der Waals surface area contributed by atoms with E-state index < -0.39 is 35.9 Å². The van der Waals surface area contributed by atoms with Gasteiger partial charge < -0.3 is 64.7 Å². The van der Waals surface area contributed by atoms with Crippen molar-refractivity contribution in [3.8, 4) is 23.0 Å². The van der Waals surface area contributed by atoms with Gasteiger partial charge >= 0.3 is 18.1 Å². The number of aryl methyl sites for hydroxylation is 1. The average molecular weight is 1350 g/mol. The summed E-state index contributed by atoms with van der Waals surface area (Å²) in [5, 5.41) is 20.3. The standard InChI is InChI=1S/C75H98N8O15/c1-47(2)70(80-68(87)29-28-56(85)21-14-12-10-8-7-9-11-13-15-31-82-54-19-16-20-55(82)38-57(37-54)98-69(88)36-52-34-48(3)22-25-51(52)44-84)63(86)35-50(18-17-30-77-74(76)91)72(89)79-53-26-23-49(24-27-53)45-95-75(92)81(4)32-33-83-71-60-41-66-67(97-46-96-66)42-62(60)78-43-61(71)58-39-64(93-5)65(94-6)40-59(58)73(83)90/h22-27,34,39-43,47,50,54-55,57,70,84H,7-21,28-33,35-38,44-46H2,1-6H3,(H,79,89)(H,80,87)(H3,76,77,91)/t50-,54?,55?,57?,70+/m1/s1. The number of fused-ring (bicyclic) bond motifs is 8. The molecule has 6 N–H and O–H groups in total. The average Bonchev–Trinajstić information content (AvgIpc) is 0.879. The Hall–Kier alpha value is -8.83. The van der Waals surface area contributed by atoms with Crippen molar-refractivity contribution in [1.82, 2.24) is 30.0 Å². The number of piperidine rings is 2. The van der Waals surface area contributed by atoms with Crippen LogP contribution < -0.4 is 46.2 Å². The van der Waals surface area contributed by atoms with Gasteiger partial charge in [-0.3, -0.25) is 38.7 Å². The molecule has 2 saturated heterocycles. The lowest BCUT2D eigenvalue weighted by molar-refractivity contribution is -0.154. The molecule has 5 heterocycles. The maximum Gasteiger partial charge on any atom is 0.409 e. The summed E-state index contributed by atoms with van der Waals surface area (Å²) in [5.41, 5.74) is 9.85. The topological polar surface area (TPSA) is 299 Å². The minimum absolute atomic E-state index is 0.00582. The van der Waals surface area contributed by atoms with Gasteiger partial charge in [-0.1, -0.05) is 101 Å². The first-order valence-corrected chi connectivity index (χ1v) is 34.9. The van der Waals surface area contributed by atoms with E-state index in [1.165, 1.54) is 44.8 Å². The van der Waals surface area contributed by atoms with Crippen molar-refractivity contribution in [3.63, 3.8) is 0 Å². The van der Waals surface area contributed by atoms with E-state index in [0.29, 0.717) is 91.8 Å². The van der Waals surface area contributed by atoms with E-state index >= 15 is 0 Å². The Labute approximate surface area is 573 Å². The number of methoxy groups -OCH3 is 2. The van der Waals surface area contributed by atoms with Crippen LogP contribution >= 0.6 is 0 Å². The summed E-state index contributed by atoms with van der Waals surface area (Å²) in [6.07, 6.45) is 17.0. The number of aliphatic hydroxyl groups excluding tert-OH is 1. The number of rotatable bonds is 37. The maximum atomic E-state index is 14.5. The van der Waals surface area contributed by atoms with Crippen LogP contribution in [0.1, 0.15) is 165 Å². The van der Waals surface area contributed by atoms with Gasteiger partial charge in [0.1, 0.15) is 18.5 Å². The summed E-state index contributed by atoms with van der Waals surface area (Å²) in [7, 11) is 4.59. The number of benzene rings is 4. The molecule has 0 spiro atoms. The first-order valence-electron chi connectivity index (χ1n) is 34.9. The normalized spacial score (nSPS) is 16.3. The number of hydrogen-bond acceptors (Lipinski definition) is 17. The highest BCUT2D eigenvalue weighted by Gasteiger charge is 2.39. The molecule has 528 valence electrons. The number of nitrogens with two attached hydrogens (primary N) is 1. The number of Topliss-reactive ketones (excluding diaryl/α,β-unsaturated/α-hetero) is 2. The fourth-order valence-corrected chi connectivity index (χ4v) is 14.0. The largest absolute Gasteiger partial charge is 0.493 e. The predicted molar refractivity (Wildman–Crippen MR) is 373 cm³/mol. The second-order valence-electron chi connectivity index (χ2n) is 26.8. The molecule has 2 unspecified atom stereocenters. The van der Waals surface area contributed by atoms with Crippen molar-refractivity contribution < 1.29 is 67.1 Å². The molecule has 2 bridgehead atoms. The summed E-state index contributed by atoms with van der Waals surface area (Å²) >= 11 is 0. The molecule has 3 aliphatic heterocycles. The number of ketones is 2. The Morgan fingerprint density at radius 3 is 2.11 bits per heavy atom. The van der Waals surface area contributed by atoms with E-state index in [0.717, 1.165) is 87.4 Å². The molecular weight excluding hydrogens is 1250 g/mol. The summed E-state index contributed by atoms with van der Waals surface area (Å²) in [6, 6.07) is 18.7. The molecule has 0 radical (unpaired) electrons. The Morgan fingerprint density at radius 1 is 0.765 bits per heavy atom. The molecule has 6 aromatic rings. The number of aliphatic hydroxyl groups is 1. The second kappa shape index (κ2) is 35.6.